The van der Waals surface area contributed by atoms with Crippen LogP contribution in [0.15, 0.2) is 90.4 Å². The van der Waals surface area contributed by atoms with Gasteiger partial charge in [-0.1, -0.05) is 24.1 Å². The number of imidazole rings is 1. The second kappa shape index (κ2) is 9.60. The van der Waals surface area contributed by atoms with Gasteiger partial charge in [0.25, 0.3) is 5.91 Å². The monoisotopic (exact) mass is 515 g/mol. The maximum atomic E-state index is 13.9. The Bertz CT molecular complexity index is 1960. The Morgan fingerprint density at radius 1 is 1.03 bits per heavy atom. The lowest BCUT2D eigenvalue weighted by Crippen LogP contribution is -2.34. The first kappa shape index (κ1) is 23.6. The van der Waals surface area contributed by atoms with E-state index in [0.29, 0.717) is 28.4 Å². The van der Waals surface area contributed by atoms with Crippen molar-refractivity contribution >= 4 is 23.0 Å². The van der Waals surface area contributed by atoms with E-state index in [1.54, 1.807) is 62.2 Å². The topological polar surface area (TPSA) is 138 Å². The number of carbonyl (C=O) groups is 1. The standard InChI is InChI=1S/C28H21N9O2/c1-18(33-27(38)24-25(29)34-35-15-5-12-31-26(24)35)22-16-23-32-17-21(9-8-19-10-13-30-14-11-19)37(23)28(39)36(22)20-6-3-2-4-7-20/h2-7,10-18H,1H3,(H2,29,34)(H,33,38)/t18-/m0/s1. The molecular formula is C28H21N9O2. The summed E-state index contributed by atoms with van der Waals surface area (Å²) in [6.07, 6.45) is 8.08. The lowest BCUT2D eigenvalue weighted by Gasteiger charge is -2.20. The average molecular weight is 516 g/mol. The molecule has 0 aliphatic carbocycles. The molecule has 5 aromatic heterocycles. The molecule has 0 saturated heterocycles. The zero-order valence-corrected chi connectivity index (χ0v) is 20.7. The first-order valence-corrected chi connectivity index (χ1v) is 12.0. The smallest absolute Gasteiger partial charge is 0.339 e. The van der Waals surface area contributed by atoms with Crippen LogP contribution in [-0.2, 0) is 0 Å². The van der Waals surface area contributed by atoms with Gasteiger partial charge < -0.3 is 11.1 Å². The summed E-state index contributed by atoms with van der Waals surface area (Å²) in [7, 11) is 0. The Morgan fingerprint density at radius 3 is 2.62 bits per heavy atom. The number of nitrogens with one attached hydrogen (secondary N) is 1. The second-order valence-electron chi connectivity index (χ2n) is 8.69. The number of hydrogen-bond donors (Lipinski definition) is 2. The van der Waals surface area contributed by atoms with Gasteiger partial charge in [-0.2, -0.15) is 0 Å². The Balaban J connectivity index is 1.45. The molecule has 0 fully saturated rings. The van der Waals surface area contributed by atoms with E-state index in [-0.39, 0.29) is 17.1 Å². The first-order chi connectivity index (χ1) is 19.0. The minimum absolute atomic E-state index is 0.0555. The number of amides is 1. The number of hydrogen-bond acceptors (Lipinski definition) is 7. The van der Waals surface area contributed by atoms with Crippen molar-refractivity contribution in [1.82, 2.24) is 38.9 Å². The van der Waals surface area contributed by atoms with Crippen molar-refractivity contribution in [1.29, 1.82) is 0 Å². The number of aromatic nitrogens is 7. The third-order valence-corrected chi connectivity index (χ3v) is 6.18. The number of para-hydroxylation sites is 1. The van der Waals surface area contributed by atoms with Gasteiger partial charge >= 0.3 is 5.69 Å². The largest absolute Gasteiger partial charge is 0.381 e. The highest BCUT2D eigenvalue weighted by molar-refractivity contribution is 6.04. The van der Waals surface area contributed by atoms with Gasteiger partial charge in [-0.05, 0) is 43.2 Å². The van der Waals surface area contributed by atoms with Crippen molar-refractivity contribution < 1.29 is 4.79 Å². The molecular weight excluding hydrogens is 494 g/mol. The van der Waals surface area contributed by atoms with Crippen molar-refractivity contribution in [3.05, 3.63) is 119 Å². The molecule has 1 aromatic carbocycles. The van der Waals surface area contributed by atoms with Crippen LogP contribution in [0.4, 0.5) is 5.82 Å². The summed E-state index contributed by atoms with van der Waals surface area (Å²) >= 11 is 0. The molecule has 0 saturated carbocycles. The Hall–Kier alpha value is -5.76. The van der Waals surface area contributed by atoms with Crippen LogP contribution >= 0.6 is 0 Å². The first-order valence-electron chi connectivity index (χ1n) is 12.0. The van der Waals surface area contributed by atoms with E-state index in [4.69, 9.17) is 5.73 Å². The van der Waals surface area contributed by atoms with Crippen molar-refractivity contribution in [2.24, 2.45) is 0 Å². The number of rotatable bonds is 4. The van der Waals surface area contributed by atoms with Gasteiger partial charge in [-0.3, -0.25) is 14.3 Å². The molecule has 0 bridgehead atoms. The third kappa shape index (κ3) is 4.25. The Morgan fingerprint density at radius 2 is 1.82 bits per heavy atom. The number of fused-ring (bicyclic) bond motifs is 2. The zero-order chi connectivity index (χ0) is 26.9. The summed E-state index contributed by atoms with van der Waals surface area (Å²) in [6.45, 7) is 1.78. The van der Waals surface area contributed by atoms with Gasteiger partial charge in [0.1, 0.15) is 16.9 Å². The van der Waals surface area contributed by atoms with E-state index >= 15 is 0 Å². The maximum absolute atomic E-state index is 13.9. The Labute approximate surface area is 221 Å². The molecule has 0 spiro atoms. The predicted molar refractivity (Wildman–Crippen MR) is 144 cm³/mol. The quantitative estimate of drug-likeness (QED) is 0.344. The van der Waals surface area contributed by atoms with Crippen molar-refractivity contribution in [2.45, 2.75) is 13.0 Å². The number of nitrogens with zero attached hydrogens (tertiary/aromatic N) is 7. The van der Waals surface area contributed by atoms with E-state index in [0.717, 1.165) is 5.56 Å². The summed E-state index contributed by atoms with van der Waals surface area (Å²) in [5, 5.41) is 7.11. The number of anilines is 1. The summed E-state index contributed by atoms with van der Waals surface area (Å²) in [6, 6.07) is 15.6. The molecule has 1 amide bonds. The van der Waals surface area contributed by atoms with Crippen molar-refractivity contribution in [3.8, 4) is 17.5 Å². The number of carbonyl (C=O) groups excluding carboxylic acids is 1. The number of nitrogens with two attached hydrogens (primary N) is 1. The lowest BCUT2D eigenvalue weighted by atomic mass is 10.1. The molecule has 190 valence electrons. The van der Waals surface area contributed by atoms with Crippen LogP contribution in [0.2, 0.25) is 0 Å². The van der Waals surface area contributed by atoms with Gasteiger partial charge in [0, 0.05) is 36.4 Å². The van der Waals surface area contributed by atoms with Crippen LogP contribution < -0.4 is 16.7 Å². The van der Waals surface area contributed by atoms with E-state index in [9.17, 15) is 9.59 Å². The SMILES string of the molecule is C[C@H](NC(=O)c1c(N)nn2cccnc12)c1cc2ncc(C#Cc3ccncc3)n2c(=O)n1-c1ccccc1. The fourth-order valence-electron chi connectivity index (χ4n) is 4.36. The normalized spacial score (nSPS) is 11.7. The molecule has 3 N–H and O–H groups in total. The number of pyridine rings is 1. The van der Waals surface area contributed by atoms with Gasteiger partial charge in [0.15, 0.2) is 11.5 Å². The van der Waals surface area contributed by atoms with Gasteiger partial charge in [-0.25, -0.2) is 23.7 Å². The Kier molecular flexibility index (Phi) is 5.82. The minimum Gasteiger partial charge on any atom is -0.381 e. The molecule has 0 unspecified atom stereocenters. The highest BCUT2D eigenvalue weighted by Crippen LogP contribution is 2.21. The highest BCUT2D eigenvalue weighted by Gasteiger charge is 2.24. The summed E-state index contributed by atoms with van der Waals surface area (Å²) < 4.78 is 4.43. The van der Waals surface area contributed by atoms with Crippen molar-refractivity contribution in [3.63, 3.8) is 0 Å². The third-order valence-electron chi connectivity index (χ3n) is 6.18. The number of nitrogen functional groups attached to an aromatic ring is 1. The summed E-state index contributed by atoms with van der Waals surface area (Å²) in [5.41, 5.74) is 8.91. The van der Waals surface area contributed by atoms with Crippen LogP contribution in [0.25, 0.3) is 17.0 Å². The molecule has 6 rings (SSSR count). The average Bonchev–Trinajstić information content (AvgIpc) is 3.52. The molecule has 6 aromatic rings. The molecule has 11 heteroatoms. The molecule has 0 aliphatic rings. The predicted octanol–water partition coefficient (Wildman–Crippen LogP) is 2.40. The molecule has 11 nitrogen and oxygen atoms in total. The van der Waals surface area contributed by atoms with Crippen molar-refractivity contribution in [2.75, 3.05) is 5.73 Å². The molecule has 0 radical (unpaired) electrons. The van der Waals surface area contributed by atoms with E-state index in [1.807, 2.05) is 30.3 Å². The molecule has 5 heterocycles. The second-order valence-corrected chi connectivity index (χ2v) is 8.69. The maximum Gasteiger partial charge on any atom is 0.339 e. The van der Waals surface area contributed by atoms with Gasteiger partial charge in [0.05, 0.1) is 23.6 Å². The van der Waals surface area contributed by atoms with Crippen LogP contribution in [0.5, 0.6) is 0 Å². The van der Waals surface area contributed by atoms with Gasteiger partial charge in [0.2, 0.25) is 0 Å². The van der Waals surface area contributed by atoms with Crippen LogP contribution in [0.1, 0.15) is 40.3 Å². The fourth-order valence-corrected chi connectivity index (χ4v) is 4.36. The zero-order valence-electron chi connectivity index (χ0n) is 20.7. The van der Waals surface area contributed by atoms with E-state index in [1.165, 1.54) is 13.5 Å². The lowest BCUT2D eigenvalue weighted by molar-refractivity contribution is 0.0941. The van der Waals surface area contributed by atoms with Crippen LogP contribution in [0.3, 0.4) is 0 Å². The van der Waals surface area contributed by atoms with Gasteiger partial charge in [-0.15, -0.1) is 5.10 Å². The minimum atomic E-state index is -0.614. The molecule has 39 heavy (non-hydrogen) atoms. The summed E-state index contributed by atoms with van der Waals surface area (Å²) in [4.78, 5) is 39.9. The van der Waals surface area contributed by atoms with Crippen LogP contribution in [0, 0.1) is 11.8 Å². The fraction of sp³-hybridized carbons (Fsp3) is 0.0714. The number of benzene rings is 1. The van der Waals surface area contributed by atoms with Crippen LogP contribution in [-0.4, -0.2) is 39.4 Å². The van der Waals surface area contributed by atoms with E-state index in [2.05, 4.69) is 37.2 Å². The van der Waals surface area contributed by atoms with E-state index < -0.39 is 11.9 Å². The highest BCUT2D eigenvalue weighted by atomic mass is 16.2. The summed E-state index contributed by atoms with van der Waals surface area (Å²) in [5.74, 6) is 5.67. The molecule has 1 atom stereocenters. The molecule has 0 aliphatic heterocycles.